The largest absolute Gasteiger partial charge is 0.455 e. The molecule has 0 spiro atoms. The molecule has 2 N–H and O–H groups in total. The van der Waals surface area contributed by atoms with Crippen LogP contribution in [-0.4, -0.2) is 88.3 Å². The second-order valence-corrected chi connectivity index (χ2v) is 16.5. The number of nitrogens with one attached hydrogen (secondary N) is 1. The maximum atomic E-state index is 14.4. The van der Waals surface area contributed by atoms with E-state index in [4.69, 9.17) is 4.74 Å². The number of aromatic nitrogens is 1. The summed E-state index contributed by atoms with van der Waals surface area (Å²) in [6.45, 7) is 15.5. The predicted octanol–water partition coefficient (Wildman–Crippen LogP) is 7.26. The number of rotatable bonds is 22. The van der Waals surface area contributed by atoms with Gasteiger partial charge >= 0.3 is 5.97 Å². The molecule has 1 fully saturated rings. The summed E-state index contributed by atoms with van der Waals surface area (Å²) >= 11 is 1.25. The summed E-state index contributed by atoms with van der Waals surface area (Å²) < 4.78 is 5.84. The van der Waals surface area contributed by atoms with Gasteiger partial charge in [-0.05, 0) is 68.5 Å². The zero-order valence-corrected chi connectivity index (χ0v) is 34.3. The highest BCUT2D eigenvalue weighted by atomic mass is 32.1. The summed E-state index contributed by atoms with van der Waals surface area (Å²) in [6.07, 6.45) is 6.86. The number of nitrogens with zero attached hydrogens (tertiary/aromatic N) is 3. The van der Waals surface area contributed by atoms with Gasteiger partial charge in [-0.2, -0.15) is 0 Å². The fourth-order valence-corrected chi connectivity index (χ4v) is 8.37. The van der Waals surface area contributed by atoms with Crippen molar-refractivity contribution in [2.75, 3.05) is 26.7 Å². The number of benzene rings is 1. The summed E-state index contributed by atoms with van der Waals surface area (Å²) in [7, 11) is 1.80. The van der Waals surface area contributed by atoms with Crippen molar-refractivity contribution in [3.63, 3.8) is 0 Å². The van der Waals surface area contributed by atoms with Crippen molar-refractivity contribution in [2.24, 2.45) is 23.7 Å². The smallest absolute Gasteiger partial charge is 0.303 e. The van der Waals surface area contributed by atoms with Gasteiger partial charge in [-0.25, -0.2) is 4.98 Å². The highest BCUT2D eigenvalue weighted by Crippen LogP contribution is 2.33. The van der Waals surface area contributed by atoms with Crippen LogP contribution < -0.4 is 5.32 Å². The van der Waals surface area contributed by atoms with E-state index in [-0.39, 0.29) is 72.2 Å². The van der Waals surface area contributed by atoms with Crippen molar-refractivity contribution in [3.8, 4) is 0 Å². The van der Waals surface area contributed by atoms with Crippen LogP contribution in [0.5, 0.6) is 0 Å². The maximum absolute atomic E-state index is 14.4. The van der Waals surface area contributed by atoms with E-state index in [0.29, 0.717) is 24.3 Å². The van der Waals surface area contributed by atoms with E-state index >= 15 is 0 Å². The number of thiazole rings is 1. The number of Topliss-reactive ketones (excluding diaryl/α,β-unsaturated/α-hetero) is 1. The Labute approximate surface area is 322 Å². The monoisotopic (exact) mass is 754 g/mol. The molecule has 2 amide bonds. The van der Waals surface area contributed by atoms with Gasteiger partial charge in [0.2, 0.25) is 5.91 Å². The number of aliphatic hydroxyl groups excluding tert-OH is 1. The van der Waals surface area contributed by atoms with Crippen molar-refractivity contribution in [3.05, 3.63) is 52.0 Å². The molecule has 53 heavy (non-hydrogen) atoms. The zero-order chi connectivity index (χ0) is 39.1. The molecule has 2 aromatic rings. The van der Waals surface area contributed by atoms with Crippen LogP contribution in [-0.2, 0) is 25.5 Å². The first-order chi connectivity index (χ1) is 25.3. The molecule has 0 saturated carbocycles. The number of carbonyl (C=O) groups excluding carboxylic acids is 4. The van der Waals surface area contributed by atoms with Gasteiger partial charge in [0.05, 0.1) is 6.04 Å². The van der Waals surface area contributed by atoms with E-state index in [9.17, 15) is 24.3 Å². The van der Waals surface area contributed by atoms with E-state index in [1.165, 1.54) is 18.3 Å². The molecule has 0 aliphatic carbocycles. The molecule has 11 heteroatoms. The average molecular weight is 755 g/mol. The van der Waals surface area contributed by atoms with Crippen molar-refractivity contribution in [1.82, 2.24) is 20.1 Å². The Kier molecular flexibility index (Phi) is 18.6. The molecule has 7 atom stereocenters. The molecular weight excluding hydrogens is 689 g/mol. The fourth-order valence-electron chi connectivity index (χ4n) is 7.53. The number of carbonyl (C=O) groups is 4. The molecule has 1 saturated heterocycles. The van der Waals surface area contributed by atoms with Gasteiger partial charge in [0, 0.05) is 56.8 Å². The van der Waals surface area contributed by atoms with Gasteiger partial charge in [0.15, 0.2) is 11.9 Å². The molecule has 0 unspecified atom stereocenters. The molecular formula is C42H66N4O6S. The number of aliphatic hydroxyl groups is 1. The van der Waals surface area contributed by atoms with Crippen molar-refractivity contribution in [2.45, 2.75) is 137 Å². The molecule has 1 aliphatic rings. The van der Waals surface area contributed by atoms with Crippen molar-refractivity contribution >= 4 is 34.9 Å². The van der Waals surface area contributed by atoms with Gasteiger partial charge in [-0.15, -0.1) is 11.3 Å². The van der Waals surface area contributed by atoms with E-state index < -0.39 is 18.0 Å². The Morgan fingerprint density at radius 1 is 1.08 bits per heavy atom. The molecule has 1 aliphatic heterocycles. The molecule has 1 aromatic heterocycles. The normalized spacial score (nSPS) is 18.4. The minimum Gasteiger partial charge on any atom is -0.455 e. The third-order valence-electron chi connectivity index (χ3n) is 10.9. The lowest BCUT2D eigenvalue weighted by Gasteiger charge is -2.38. The average Bonchev–Trinajstić information content (AvgIpc) is 3.64. The van der Waals surface area contributed by atoms with E-state index in [1.54, 1.807) is 17.3 Å². The second-order valence-electron chi connectivity index (χ2n) is 15.6. The molecule has 10 nitrogen and oxygen atoms in total. The van der Waals surface area contributed by atoms with Gasteiger partial charge in [-0.1, -0.05) is 91.1 Å². The number of hydrogen-bond donors (Lipinski definition) is 2. The Balaban J connectivity index is 1.80. The maximum Gasteiger partial charge on any atom is 0.303 e. The highest BCUT2D eigenvalue weighted by molar-refractivity contribution is 7.09. The number of likely N-dealkylation sites (tertiary alicyclic amines) is 1. The topological polar surface area (TPSA) is 129 Å². The lowest BCUT2D eigenvalue weighted by molar-refractivity contribution is -0.149. The first kappa shape index (κ1) is 44.2. The zero-order valence-electron chi connectivity index (χ0n) is 33.5. The van der Waals surface area contributed by atoms with E-state index in [0.717, 1.165) is 57.2 Å². The van der Waals surface area contributed by atoms with Crippen molar-refractivity contribution in [1.29, 1.82) is 0 Å². The summed E-state index contributed by atoms with van der Waals surface area (Å²) in [6, 6.07) is 9.25. The Morgan fingerprint density at radius 2 is 1.79 bits per heavy atom. The minimum atomic E-state index is -0.769. The second kappa shape index (κ2) is 22.3. The third kappa shape index (κ3) is 13.6. The molecule has 0 radical (unpaired) electrons. The number of piperidine rings is 1. The fraction of sp³-hybridized carbons (Fsp3) is 0.690. The number of ketones is 1. The van der Waals surface area contributed by atoms with Crippen LogP contribution >= 0.6 is 11.3 Å². The van der Waals surface area contributed by atoms with Gasteiger partial charge < -0.3 is 20.1 Å². The van der Waals surface area contributed by atoms with Gasteiger partial charge in [0.1, 0.15) is 10.7 Å². The quantitative estimate of drug-likeness (QED) is 0.120. The standard InChI is InChI=1S/C42H66N4O6S/c1-9-11-20-46-21-16-15-19-36(46)38(49)24-34(30(6)10-2)42(51)45(8)37(28(3)4)25-39(52-31(7)48)41-44-35(27-53-41)40(50)43-33(22-29(5)26-47)23-32-17-13-12-14-18-32/h12-14,17-18,27-30,33-34,36-37,39,47H,9-11,15-16,19-26H2,1-8H3,(H,43,50)/t29-,30+,33-,34+,36-,37-,39-/m1/s1. The van der Waals surface area contributed by atoms with E-state index in [1.807, 2.05) is 51.1 Å². The summed E-state index contributed by atoms with van der Waals surface area (Å²) in [5.74, 6) is -1.13. The van der Waals surface area contributed by atoms with Crippen LogP contribution in [0.1, 0.15) is 133 Å². The van der Waals surface area contributed by atoms with Crippen LogP contribution in [0.2, 0.25) is 0 Å². The number of ether oxygens (including phenoxy) is 1. The molecule has 0 bridgehead atoms. The molecule has 1 aromatic carbocycles. The Hall–Kier alpha value is -3.15. The first-order valence-corrected chi connectivity index (χ1v) is 20.8. The SMILES string of the molecule is CCCCN1CCCC[C@@H]1C(=O)C[C@H](C(=O)N(C)[C@H](C[C@@H](OC(C)=O)c1nc(C(=O)N[C@@H](Cc2ccccc2)C[C@@H](C)CO)cs1)C(C)C)[C@@H](C)CC. The Morgan fingerprint density at radius 3 is 2.42 bits per heavy atom. The lowest BCUT2D eigenvalue weighted by Crippen LogP contribution is -2.49. The van der Waals surface area contributed by atoms with Crippen LogP contribution in [0.25, 0.3) is 0 Å². The van der Waals surface area contributed by atoms with Crippen LogP contribution in [0, 0.1) is 23.7 Å². The molecule has 3 rings (SSSR count). The first-order valence-electron chi connectivity index (χ1n) is 19.9. The van der Waals surface area contributed by atoms with Gasteiger partial charge in [0.25, 0.3) is 5.91 Å². The predicted molar refractivity (Wildman–Crippen MR) is 212 cm³/mol. The molecule has 2 heterocycles. The number of hydrogen-bond acceptors (Lipinski definition) is 9. The Bertz CT molecular complexity index is 1430. The summed E-state index contributed by atoms with van der Waals surface area (Å²) in [4.78, 5) is 63.0. The van der Waals surface area contributed by atoms with Crippen LogP contribution in [0.3, 0.4) is 0 Å². The summed E-state index contributed by atoms with van der Waals surface area (Å²) in [5, 5.41) is 15.0. The number of amides is 2. The highest BCUT2D eigenvalue weighted by Gasteiger charge is 2.38. The molecule has 296 valence electrons. The van der Waals surface area contributed by atoms with Gasteiger partial charge in [-0.3, -0.25) is 24.1 Å². The number of unbranched alkanes of at least 4 members (excludes halogenated alkanes) is 1. The van der Waals surface area contributed by atoms with Crippen molar-refractivity contribution < 1.29 is 29.0 Å². The van der Waals surface area contributed by atoms with E-state index in [2.05, 4.69) is 36.0 Å². The lowest BCUT2D eigenvalue weighted by atomic mass is 9.82. The van der Waals surface area contributed by atoms with Crippen LogP contribution in [0.15, 0.2) is 35.7 Å². The third-order valence-corrected chi connectivity index (χ3v) is 11.9. The minimum absolute atomic E-state index is 0.00167. The van der Waals surface area contributed by atoms with Crippen LogP contribution in [0.4, 0.5) is 0 Å². The number of esters is 1. The summed E-state index contributed by atoms with van der Waals surface area (Å²) in [5.41, 5.74) is 1.31.